The molecule has 1 aromatic carbocycles. The number of aryl methyl sites for hydroxylation is 1. The van der Waals surface area contributed by atoms with E-state index < -0.39 is 10.5 Å². The third kappa shape index (κ3) is 3.84. The van der Waals surface area contributed by atoms with Gasteiger partial charge in [-0.25, -0.2) is 0 Å². The van der Waals surface area contributed by atoms with Crippen molar-refractivity contribution in [3.05, 3.63) is 78.4 Å². The van der Waals surface area contributed by atoms with Gasteiger partial charge in [0.25, 0.3) is 11.2 Å². The van der Waals surface area contributed by atoms with Crippen LogP contribution >= 0.6 is 23.8 Å². The summed E-state index contributed by atoms with van der Waals surface area (Å²) in [6.45, 7) is 3.83. The second-order valence-electron chi connectivity index (χ2n) is 6.18. The number of halogens is 1. The number of rotatable bonds is 6. The average Bonchev–Trinajstić information content (AvgIpc) is 2.96. The molecule has 0 amide bonds. The highest BCUT2D eigenvalue weighted by atomic mass is 35.5. The second kappa shape index (κ2) is 8.02. The predicted octanol–water partition coefficient (Wildman–Crippen LogP) is 3.35. The van der Waals surface area contributed by atoms with E-state index >= 15 is 0 Å². The molecule has 3 aromatic rings. The number of hydrogen-bond donors (Lipinski definition) is 2. The summed E-state index contributed by atoms with van der Waals surface area (Å²) in [4.78, 5) is 25.4. The summed E-state index contributed by atoms with van der Waals surface area (Å²) in [6, 6.07) is 5.81. The zero-order valence-corrected chi connectivity index (χ0v) is 16.8. The molecule has 0 fully saturated rings. The molecule has 0 atom stereocenters. The van der Waals surface area contributed by atoms with Gasteiger partial charge in [0.2, 0.25) is 5.88 Å². The van der Waals surface area contributed by atoms with Crippen LogP contribution in [0, 0.1) is 14.9 Å². The summed E-state index contributed by atoms with van der Waals surface area (Å²) >= 11 is 11.5. The molecule has 0 saturated carbocycles. The summed E-state index contributed by atoms with van der Waals surface area (Å²) in [5, 5.41) is 26.1. The zero-order valence-electron chi connectivity index (χ0n) is 15.3. The van der Waals surface area contributed by atoms with Crippen LogP contribution in [0.1, 0.15) is 11.1 Å². The minimum Gasteiger partial charge on any atom is -0.494 e. The fourth-order valence-corrected chi connectivity index (χ4v) is 3.36. The van der Waals surface area contributed by atoms with E-state index in [0.717, 1.165) is 0 Å². The lowest BCUT2D eigenvalue weighted by molar-refractivity contribution is -0.384. The first kappa shape index (κ1) is 20.5. The van der Waals surface area contributed by atoms with Gasteiger partial charge in [-0.3, -0.25) is 29.1 Å². The quantitative estimate of drug-likeness (QED) is 0.266. The Morgan fingerprint density at radius 1 is 1.38 bits per heavy atom. The van der Waals surface area contributed by atoms with Gasteiger partial charge in [-0.1, -0.05) is 17.7 Å². The summed E-state index contributed by atoms with van der Waals surface area (Å²) < 4.78 is 2.84. The maximum Gasteiger partial charge on any atom is 0.269 e. The zero-order chi connectivity index (χ0) is 21.3. The van der Waals surface area contributed by atoms with Gasteiger partial charge in [0.1, 0.15) is 5.15 Å². The Balaban J connectivity index is 2.13. The molecule has 2 aromatic heterocycles. The molecule has 0 radical (unpaired) electrons. The highest BCUT2D eigenvalue weighted by Gasteiger charge is 2.21. The molecule has 0 aliphatic heterocycles. The summed E-state index contributed by atoms with van der Waals surface area (Å²) in [7, 11) is 1.63. The first-order valence-corrected chi connectivity index (χ1v) is 9.15. The lowest BCUT2D eigenvalue weighted by atomic mass is 10.0. The fourth-order valence-electron chi connectivity index (χ4n) is 2.91. The van der Waals surface area contributed by atoms with Crippen molar-refractivity contribution < 1.29 is 10.0 Å². The van der Waals surface area contributed by atoms with Crippen molar-refractivity contribution in [2.45, 2.75) is 13.0 Å². The lowest BCUT2D eigenvalue weighted by Crippen LogP contribution is -2.19. The van der Waals surface area contributed by atoms with Crippen molar-refractivity contribution in [3.8, 4) is 17.1 Å². The van der Waals surface area contributed by atoms with E-state index in [4.69, 9.17) is 23.8 Å². The number of non-ortho nitro benzene ring substituents is 1. The third-order valence-electron chi connectivity index (χ3n) is 4.35. The molecule has 2 heterocycles. The van der Waals surface area contributed by atoms with E-state index in [1.54, 1.807) is 19.2 Å². The number of nitrogens with one attached hydrogen (secondary N) is 1. The van der Waals surface area contributed by atoms with Crippen LogP contribution in [0.3, 0.4) is 0 Å². The number of hydrogen-bond acceptors (Lipinski definition) is 6. The van der Waals surface area contributed by atoms with Gasteiger partial charge in [-0.15, -0.1) is 6.58 Å². The van der Waals surface area contributed by atoms with E-state index in [1.165, 1.54) is 27.5 Å². The summed E-state index contributed by atoms with van der Waals surface area (Å²) in [5.74, 6) is -0.284. The minimum absolute atomic E-state index is 0.0209. The van der Waals surface area contributed by atoms with Crippen LogP contribution < -0.4 is 5.56 Å². The third-order valence-corrected chi connectivity index (χ3v) is 5.15. The van der Waals surface area contributed by atoms with Crippen LogP contribution in [0.2, 0.25) is 5.15 Å². The smallest absolute Gasteiger partial charge is 0.269 e. The number of nitrogens with zero attached hydrogens (tertiary/aromatic N) is 4. The molecule has 9 nitrogen and oxygen atoms in total. The van der Waals surface area contributed by atoms with Crippen LogP contribution in [0.15, 0.2) is 41.7 Å². The van der Waals surface area contributed by atoms with Gasteiger partial charge < -0.3 is 5.11 Å². The topological polar surface area (TPSA) is 119 Å². The van der Waals surface area contributed by atoms with E-state index in [-0.39, 0.29) is 40.0 Å². The normalized spacial score (nSPS) is 10.8. The Morgan fingerprint density at radius 2 is 2.03 bits per heavy atom. The first-order valence-electron chi connectivity index (χ1n) is 8.36. The monoisotopic (exact) mass is 433 g/mol. The summed E-state index contributed by atoms with van der Waals surface area (Å²) in [6.07, 6.45) is 1.52. The largest absolute Gasteiger partial charge is 0.494 e. The van der Waals surface area contributed by atoms with Crippen LogP contribution in [0.25, 0.3) is 11.3 Å². The van der Waals surface area contributed by atoms with Gasteiger partial charge >= 0.3 is 0 Å². The lowest BCUT2D eigenvalue weighted by Gasteiger charge is -2.11. The Kier molecular flexibility index (Phi) is 5.66. The maximum atomic E-state index is 12.4. The van der Waals surface area contributed by atoms with E-state index in [9.17, 15) is 20.0 Å². The highest BCUT2D eigenvalue weighted by Crippen LogP contribution is 2.32. The second-order valence-corrected chi connectivity index (χ2v) is 6.93. The highest BCUT2D eigenvalue weighted by molar-refractivity contribution is 7.71. The SMILES string of the molecule is C=CCn1c(O)c(Cc2c(-c3ccc([N+](=O)[O-])cc3)nn(C)c2Cl)c(=O)[nH]c1=S. The molecule has 0 saturated heterocycles. The molecule has 3 rings (SSSR count). The van der Waals surface area contributed by atoms with Crippen molar-refractivity contribution in [3.63, 3.8) is 0 Å². The van der Waals surface area contributed by atoms with Crippen molar-refractivity contribution in [2.75, 3.05) is 0 Å². The molecular weight excluding hydrogens is 418 g/mol. The van der Waals surface area contributed by atoms with Crippen LogP contribution in [0.5, 0.6) is 5.88 Å². The number of allylic oxidation sites excluding steroid dienone is 1. The molecule has 0 aliphatic rings. The van der Waals surface area contributed by atoms with Crippen molar-refractivity contribution in [2.24, 2.45) is 7.05 Å². The maximum absolute atomic E-state index is 12.4. The van der Waals surface area contributed by atoms with Gasteiger partial charge in [0.15, 0.2) is 4.77 Å². The molecule has 29 heavy (non-hydrogen) atoms. The average molecular weight is 434 g/mol. The number of benzene rings is 1. The van der Waals surface area contributed by atoms with E-state index in [2.05, 4.69) is 16.7 Å². The van der Waals surface area contributed by atoms with Crippen LogP contribution in [-0.2, 0) is 20.0 Å². The number of nitro benzene ring substituents is 1. The van der Waals surface area contributed by atoms with Crippen molar-refractivity contribution in [1.29, 1.82) is 0 Å². The van der Waals surface area contributed by atoms with E-state index in [0.29, 0.717) is 16.8 Å². The molecule has 0 bridgehead atoms. The van der Waals surface area contributed by atoms with Gasteiger partial charge in [-0.05, 0) is 24.4 Å². The Bertz CT molecular complexity index is 1230. The predicted molar refractivity (Wildman–Crippen MR) is 111 cm³/mol. The van der Waals surface area contributed by atoms with Gasteiger partial charge in [0, 0.05) is 43.3 Å². The number of aromatic nitrogens is 4. The molecule has 0 unspecified atom stereocenters. The number of H-pyrrole nitrogens is 1. The summed E-state index contributed by atoms with van der Waals surface area (Å²) in [5.41, 5.74) is 0.997. The standard InChI is InChI=1S/C18H16ClN5O4S/c1-3-8-23-17(26)13(16(25)20-18(23)29)9-12-14(21-22(2)15(12)19)10-4-6-11(7-5-10)24(27)28/h3-7,26H,1,8-9H2,2H3,(H,20,25,29). The fraction of sp³-hybridized carbons (Fsp3) is 0.167. The Morgan fingerprint density at radius 3 is 2.62 bits per heavy atom. The van der Waals surface area contributed by atoms with Crippen molar-refractivity contribution >= 4 is 29.5 Å². The van der Waals surface area contributed by atoms with Crippen LogP contribution in [-0.4, -0.2) is 29.4 Å². The Labute approximate surface area is 174 Å². The molecular formula is C18H16ClN5O4S. The van der Waals surface area contributed by atoms with Crippen LogP contribution in [0.4, 0.5) is 5.69 Å². The molecule has 0 aliphatic carbocycles. The first-order chi connectivity index (χ1) is 13.7. The van der Waals surface area contributed by atoms with Gasteiger partial charge in [-0.2, -0.15) is 5.10 Å². The Hall–Kier alpha value is -3.24. The minimum atomic E-state index is -0.539. The van der Waals surface area contributed by atoms with Gasteiger partial charge in [0.05, 0.1) is 16.2 Å². The van der Waals surface area contributed by atoms with Crippen molar-refractivity contribution in [1.82, 2.24) is 19.3 Å². The molecule has 11 heteroatoms. The molecule has 2 N–H and O–H groups in total. The molecule has 150 valence electrons. The molecule has 0 spiro atoms. The number of nitro groups is 1. The van der Waals surface area contributed by atoms with E-state index in [1.807, 2.05) is 0 Å². The number of aromatic amines is 1. The number of aromatic hydroxyl groups is 1.